The molecular formula is C8H8F4N2. The predicted molar refractivity (Wildman–Crippen MR) is 41.8 cm³/mol. The molecule has 0 aliphatic heterocycles. The van der Waals surface area contributed by atoms with Gasteiger partial charge in [0.1, 0.15) is 5.82 Å². The highest BCUT2D eigenvalue weighted by Crippen LogP contribution is 2.34. The maximum absolute atomic E-state index is 12.4. The monoisotopic (exact) mass is 208 g/mol. The molecule has 0 radical (unpaired) electrons. The normalized spacial score (nSPS) is 16.4. The minimum Gasteiger partial charge on any atom is -0.313 e. The molecule has 0 amide bonds. The van der Waals surface area contributed by atoms with Crippen LogP contribution in [-0.4, -0.2) is 11.2 Å². The summed E-state index contributed by atoms with van der Waals surface area (Å²) in [4.78, 5) is 3.30. The van der Waals surface area contributed by atoms with Gasteiger partial charge in [0.05, 0.1) is 11.9 Å². The first-order valence-electron chi connectivity index (χ1n) is 3.73. The van der Waals surface area contributed by atoms with Gasteiger partial charge in [0.25, 0.3) is 0 Å². The lowest BCUT2D eigenvalue weighted by molar-refractivity contribution is -0.185. The number of rotatable bonds is 1. The third-order valence-corrected chi connectivity index (χ3v) is 1.85. The highest BCUT2D eigenvalue weighted by atomic mass is 19.4. The fraction of sp³-hybridized carbons (Fsp3) is 0.375. The molecular weight excluding hydrogens is 200 g/mol. The van der Waals surface area contributed by atoms with Crippen molar-refractivity contribution in [2.24, 2.45) is 5.73 Å². The van der Waals surface area contributed by atoms with Gasteiger partial charge < -0.3 is 5.73 Å². The molecule has 6 heteroatoms. The number of halogens is 4. The van der Waals surface area contributed by atoms with Crippen molar-refractivity contribution in [3.63, 3.8) is 0 Å². The van der Waals surface area contributed by atoms with Crippen LogP contribution in [0.1, 0.15) is 12.6 Å². The SMILES string of the molecule is CC(N)(c1ccc(F)cn1)C(F)(F)F. The second-order valence-electron chi connectivity index (χ2n) is 3.06. The molecule has 14 heavy (non-hydrogen) atoms. The highest BCUT2D eigenvalue weighted by molar-refractivity contribution is 5.16. The number of alkyl halides is 3. The molecule has 0 aromatic carbocycles. The van der Waals surface area contributed by atoms with Crippen molar-refractivity contribution in [3.05, 3.63) is 29.8 Å². The second-order valence-corrected chi connectivity index (χ2v) is 3.06. The van der Waals surface area contributed by atoms with Gasteiger partial charge in [-0.2, -0.15) is 13.2 Å². The van der Waals surface area contributed by atoms with Gasteiger partial charge in [0.15, 0.2) is 5.54 Å². The molecule has 1 rings (SSSR count). The fourth-order valence-corrected chi connectivity index (χ4v) is 0.828. The van der Waals surface area contributed by atoms with Crippen LogP contribution in [0.15, 0.2) is 18.3 Å². The van der Waals surface area contributed by atoms with E-state index < -0.39 is 23.2 Å². The van der Waals surface area contributed by atoms with Gasteiger partial charge in [0, 0.05) is 0 Å². The van der Waals surface area contributed by atoms with Crippen LogP contribution in [0.3, 0.4) is 0 Å². The number of aromatic nitrogens is 1. The Hall–Kier alpha value is -1.17. The molecule has 1 aromatic heterocycles. The first-order chi connectivity index (χ1) is 6.25. The maximum atomic E-state index is 12.4. The summed E-state index contributed by atoms with van der Waals surface area (Å²) in [6.07, 6.45) is -3.91. The zero-order valence-electron chi connectivity index (χ0n) is 7.27. The molecule has 1 heterocycles. The molecule has 78 valence electrons. The Morgan fingerprint density at radius 1 is 1.29 bits per heavy atom. The van der Waals surface area contributed by atoms with Crippen LogP contribution in [-0.2, 0) is 5.54 Å². The van der Waals surface area contributed by atoms with Crippen molar-refractivity contribution in [1.82, 2.24) is 4.98 Å². The Morgan fingerprint density at radius 2 is 1.86 bits per heavy atom. The average molecular weight is 208 g/mol. The fourth-order valence-electron chi connectivity index (χ4n) is 0.828. The van der Waals surface area contributed by atoms with E-state index in [4.69, 9.17) is 5.73 Å². The molecule has 0 saturated heterocycles. The predicted octanol–water partition coefficient (Wildman–Crippen LogP) is 1.96. The third kappa shape index (κ3) is 1.84. The molecule has 0 fully saturated rings. The van der Waals surface area contributed by atoms with Gasteiger partial charge >= 0.3 is 6.18 Å². The van der Waals surface area contributed by atoms with Crippen LogP contribution in [0.5, 0.6) is 0 Å². The van der Waals surface area contributed by atoms with Crippen molar-refractivity contribution >= 4 is 0 Å². The van der Waals surface area contributed by atoms with Crippen molar-refractivity contribution in [2.75, 3.05) is 0 Å². The molecule has 0 saturated carbocycles. The van der Waals surface area contributed by atoms with E-state index in [2.05, 4.69) is 4.98 Å². The molecule has 0 aliphatic carbocycles. The van der Waals surface area contributed by atoms with Crippen molar-refractivity contribution in [1.29, 1.82) is 0 Å². The van der Waals surface area contributed by atoms with Crippen LogP contribution in [0.2, 0.25) is 0 Å². The van der Waals surface area contributed by atoms with Gasteiger partial charge in [0.2, 0.25) is 0 Å². The Balaban J connectivity index is 3.10. The number of hydrogen-bond acceptors (Lipinski definition) is 2. The van der Waals surface area contributed by atoms with E-state index in [-0.39, 0.29) is 0 Å². The molecule has 0 bridgehead atoms. The van der Waals surface area contributed by atoms with E-state index in [1.807, 2.05) is 0 Å². The molecule has 2 nitrogen and oxygen atoms in total. The lowest BCUT2D eigenvalue weighted by Gasteiger charge is -2.26. The molecule has 1 atom stereocenters. The van der Waals surface area contributed by atoms with Crippen LogP contribution in [0, 0.1) is 5.82 Å². The van der Waals surface area contributed by atoms with Crippen LogP contribution >= 0.6 is 0 Å². The lowest BCUT2D eigenvalue weighted by Crippen LogP contribution is -2.48. The summed E-state index contributed by atoms with van der Waals surface area (Å²) in [6.45, 7) is 0.785. The van der Waals surface area contributed by atoms with Crippen molar-refractivity contribution in [3.8, 4) is 0 Å². The number of hydrogen-bond donors (Lipinski definition) is 1. The van der Waals surface area contributed by atoms with E-state index in [1.54, 1.807) is 0 Å². The summed E-state index contributed by atoms with van der Waals surface area (Å²) < 4.78 is 49.5. The molecule has 1 aromatic rings. The Labute approximate surface area is 77.7 Å². The Kier molecular flexibility index (Phi) is 2.49. The number of pyridine rings is 1. The summed E-state index contributed by atoms with van der Waals surface area (Å²) >= 11 is 0. The minimum atomic E-state index is -4.61. The molecule has 0 spiro atoms. The topological polar surface area (TPSA) is 38.9 Å². The lowest BCUT2D eigenvalue weighted by atomic mass is 9.98. The van der Waals surface area contributed by atoms with E-state index in [9.17, 15) is 17.6 Å². The second kappa shape index (κ2) is 3.20. The first-order valence-corrected chi connectivity index (χ1v) is 3.73. The smallest absolute Gasteiger partial charge is 0.313 e. The Bertz CT molecular complexity index is 315. The largest absolute Gasteiger partial charge is 0.411 e. The van der Waals surface area contributed by atoms with Crippen LogP contribution < -0.4 is 5.73 Å². The number of nitrogens with two attached hydrogens (primary N) is 1. The maximum Gasteiger partial charge on any atom is 0.411 e. The summed E-state index contributed by atoms with van der Waals surface area (Å²) in [5.41, 5.74) is 2.09. The third-order valence-electron chi connectivity index (χ3n) is 1.85. The zero-order chi connectivity index (χ0) is 11.0. The molecule has 1 unspecified atom stereocenters. The van der Waals surface area contributed by atoms with Gasteiger partial charge in [-0.1, -0.05) is 0 Å². The first kappa shape index (κ1) is 10.9. The average Bonchev–Trinajstić information content (AvgIpc) is 2.03. The number of nitrogens with zero attached hydrogens (tertiary/aromatic N) is 1. The van der Waals surface area contributed by atoms with Gasteiger partial charge in [-0.05, 0) is 19.1 Å². The van der Waals surface area contributed by atoms with Crippen molar-refractivity contribution < 1.29 is 17.6 Å². The molecule has 2 N–H and O–H groups in total. The zero-order valence-corrected chi connectivity index (χ0v) is 7.27. The summed E-state index contributed by atoms with van der Waals surface area (Å²) in [5, 5.41) is 0. The van der Waals surface area contributed by atoms with E-state index in [1.165, 1.54) is 0 Å². The molecule has 0 aliphatic rings. The van der Waals surface area contributed by atoms with E-state index >= 15 is 0 Å². The van der Waals surface area contributed by atoms with E-state index in [0.717, 1.165) is 19.1 Å². The van der Waals surface area contributed by atoms with Gasteiger partial charge in [-0.15, -0.1) is 0 Å². The van der Waals surface area contributed by atoms with Gasteiger partial charge in [-0.25, -0.2) is 4.39 Å². The minimum absolute atomic E-state index is 0.411. The standard InChI is InChI=1S/C8H8F4N2/c1-7(13,8(10,11)12)6-3-2-5(9)4-14-6/h2-4H,13H2,1H3. The Morgan fingerprint density at radius 3 is 2.21 bits per heavy atom. The summed E-state index contributed by atoms with van der Waals surface area (Å²) in [5.74, 6) is -0.702. The van der Waals surface area contributed by atoms with Crippen LogP contribution in [0.4, 0.5) is 17.6 Å². The highest BCUT2D eigenvalue weighted by Gasteiger charge is 2.50. The van der Waals surface area contributed by atoms with E-state index in [0.29, 0.717) is 6.20 Å². The summed E-state index contributed by atoms with van der Waals surface area (Å²) in [7, 11) is 0. The van der Waals surface area contributed by atoms with Gasteiger partial charge in [-0.3, -0.25) is 4.98 Å². The van der Waals surface area contributed by atoms with Crippen LogP contribution in [0.25, 0.3) is 0 Å². The quantitative estimate of drug-likeness (QED) is 0.716. The van der Waals surface area contributed by atoms with Crippen molar-refractivity contribution in [2.45, 2.75) is 18.6 Å². The summed E-state index contributed by atoms with van der Waals surface area (Å²) in [6, 6.07) is 1.81.